The number of carbonyl (C=O) groups is 1. The molecule has 1 amide bonds. The van der Waals surface area contributed by atoms with Gasteiger partial charge in [-0.25, -0.2) is 8.42 Å². The second kappa shape index (κ2) is 10.0. The molecule has 33 heavy (non-hydrogen) atoms. The molecule has 3 aromatic carbocycles. The van der Waals surface area contributed by atoms with E-state index in [1.807, 2.05) is 30.3 Å². The van der Waals surface area contributed by atoms with Crippen molar-refractivity contribution in [3.63, 3.8) is 0 Å². The Balaban J connectivity index is 1.53. The van der Waals surface area contributed by atoms with Crippen LogP contribution in [0.1, 0.15) is 11.1 Å². The topological polar surface area (TPSA) is 93.7 Å². The van der Waals surface area contributed by atoms with Gasteiger partial charge in [-0.3, -0.25) is 4.79 Å². The largest absolute Gasteiger partial charge is 0.454 e. The van der Waals surface area contributed by atoms with Gasteiger partial charge in [-0.15, -0.1) is 0 Å². The maximum absolute atomic E-state index is 13.1. The van der Waals surface area contributed by atoms with E-state index in [0.717, 1.165) is 11.1 Å². The summed E-state index contributed by atoms with van der Waals surface area (Å²) in [6, 6.07) is 17.5. The summed E-state index contributed by atoms with van der Waals surface area (Å²) in [5.74, 6) is 0.746. The van der Waals surface area contributed by atoms with Crippen LogP contribution in [0.3, 0.4) is 0 Å². The molecule has 0 aromatic heterocycles. The Morgan fingerprint density at radius 3 is 2.48 bits per heavy atom. The highest BCUT2D eigenvalue weighted by Crippen LogP contribution is 2.32. The Kier molecular flexibility index (Phi) is 7.09. The Labute approximate surface area is 201 Å². The molecule has 10 heteroatoms. The zero-order valence-electron chi connectivity index (χ0n) is 17.3. The van der Waals surface area contributed by atoms with Crippen molar-refractivity contribution in [2.45, 2.75) is 23.9 Å². The number of hydrogen-bond acceptors (Lipinski definition) is 5. The van der Waals surface area contributed by atoms with Crippen molar-refractivity contribution in [3.05, 3.63) is 87.9 Å². The molecule has 0 saturated carbocycles. The van der Waals surface area contributed by atoms with E-state index in [-0.39, 0.29) is 34.7 Å². The van der Waals surface area contributed by atoms with E-state index >= 15 is 0 Å². The third kappa shape index (κ3) is 5.78. The number of nitrogens with one attached hydrogen (secondary N) is 2. The Hall–Kier alpha value is -2.78. The van der Waals surface area contributed by atoms with Gasteiger partial charge in [-0.05, 0) is 47.9 Å². The summed E-state index contributed by atoms with van der Waals surface area (Å²) in [4.78, 5) is 12.9. The van der Waals surface area contributed by atoms with Crippen molar-refractivity contribution in [2.75, 3.05) is 6.79 Å². The fourth-order valence-corrected chi connectivity index (χ4v) is 5.29. The first-order valence-electron chi connectivity index (χ1n) is 9.99. The summed E-state index contributed by atoms with van der Waals surface area (Å²) < 4.78 is 39.2. The maximum atomic E-state index is 13.1. The lowest BCUT2D eigenvalue weighted by Crippen LogP contribution is -2.47. The minimum atomic E-state index is -4.13. The Morgan fingerprint density at radius 1 is 0.939 bits per heavy atom. The van der Waals surface area contributed by atoms with Crippen LogP contribution >= 0.6 is 23.2 Å². The van der Waals surface area contributed by atoms with Gasteiger partial charge in [0.15, 0.2) is 11.5 Å². The van der Waals surface area contributed by atoms with Crippen molar-refractivity contribution in [3.8, 4) is 11.5 Å². The molecule has 0 saturated heterocycles. The van der Waals surface area contributed by atoms with Crippen LogP contribution in [0.4, 0.5) is 0 Å². The van der Waals surface area contributed by atoms with E-state index in [1.54, 1.807) is 18.2 Å². The summed E-state index contributed by atoms with van der Waals surface area (Å²) >= 11 is 12.1. The minimum absolute atomic E-state index is 0.00568. The van der Waals surface area contributed by atoms with Crippen LogP contribution in [-0.4, -0.2) is 27.2 Å². The molecule has 3 aromatic rings. The van der Waals surface area contributed by atoms with Crippen molar-refractivity contribution in [2.24, 2.45) is 0 Å². The molecule has 0 unspecified atom stereocenters. The first kappa shape index (κ1) is 23.4. The van der Waals surface area contributed by atoms with Gasteiger partial charge >= 0.3 is 0 Å². The van der Waals surface area contributed by atoms with E-state index in [0.29, 0.717) is 11.5 Å². The van der Waals surface area contributed by atoms with Gasteiger partial charge in [0, 0.05) is 11.6 Å². The number of carbonyl (C=O) groups excluding carboxylic acids is 1. The number of fused-ring (bicyclic) bond motifs is 1. The highest BCUT2D eigenvalue weighted by atomic mass is 35.5. The van der Waals surface area contributed by atoms with Gasteiger partial charge in [0.1, 0.15) is 10.9 Å². The van der Waals surface area contributed by atoms with Crippen LogP contribution in [0, 0.1) is 0 Å². The SMILES string of the molecule is O=C(NCc1ccc2c(c1)OCO2)[C@@H](Cc1ccccc1)NS(=O)(=O)c1cc(Cl)ccc1Cl. The second-order valence-corrected chi connectivity index (χ2v) is 9.87. The van der Waals surface area contributed by atoms with E-state index in [9.17, 15) is 13.2 Å². The van der Waals surface area contributed by atoms with Gasteiger partial charge in [0.2, 0.25) is 22.7 Å². The number of benzene rings is 3. The highest BCUT2D eigenvalue weighted by Gasteiger charge is 2.28. The molecule has 1 aliphatic heterocycles. The van der Waals surface area contributed by atoms with Crippen LogP contribution in [-0.2, 0) is 27.8 Å². The van der Waals surface area contributed by atoms with E-state index in [4.69, 9.17) is 32.7 Å². The predicted octanol–water partition coefficient (Wildman–Crippen LogP) is 3.93. The quantitative estimate of drug-likeness (QED) is 0.482. The first-order chi connectivity index (χ1) is 15.8. The molecule has 7 nitrogen and oxygen atoms in total. The molecule has 0 radical (unpaired) electrons. The van der Waals surface area contributed by atoms with Gasteiger partial charge in [0.05, 0.1) is 5.02 Å². The molecule has 1 aliphatic rings. The molecule has 0 spiro atoms. The van der Waals surface area contributed by atoms with Gasteiger partial charge in [0.25, 0.3) is 0 Å². The summed E-state index contributed by atoms with van der Waals surface area (Å²) in [5, 5.41) is 3.01. The van der Waals surface area contributed by atoms with Crippen LogP contribution < -0.4 is 19.5 Å². The molecule has 0 bridgehead atoms. The van der Waals surface area contributed by atoms with E-state index in [1.165, 1.54) is 18.2 Å². The first-order valence-corrected chi connectivity index (χ1v) is 12.2. The fourth-order valence-electron chi connectivity index (χ4n) is 3.33. The van der Waals surface area contributed by atoms with E-state index < -0.39 is 22.0 Å². The number of rotatable bonds is 8. The summed E-state index contributed by atoms with van der Waals surface area (Å²) in [6.45, 7) is 0.332. The zero-order valence-corrected chi connectivity index (χ0v) is 19.6. The van der Waals surface area contributed by atoms with Crippen LogP contribution in [0.15, 0.2) is 71.6 Å². The molecular weight excluding hydrogens is 487 g/mol. The molecule has 4 rings (SSSR count). The molecule has 0 fully saturated rings. The second-order valence-electron chi connectivity index (χ2n) is 7.34. The summed E-state index contributed by atoms with van der Waals surface area (Å²) in [6.07, 6.45) is 0.144. The van der Waals surface area contributed by atoms with Crippen molar-refractivity contribution in [1.82, 2.24) is 10.0 Å². The number of ether oxygens (including phenoxy) is 2. The van der Waals surface area contributed by atoms with Crippen molar-refractivity contribution >= 4 is 39.1 Å². The molecule has 1 atom stereocenters. The molecule has 0 aliphatic carbocycles. The fraction of sp³-hybridized carbons (Fsp3) is 0.174. The monoisotopic (exact) mass is 506 g/mol. The summed E-state index contributed by atoms with van der Waals surface area (Å²) in [5.41, 5.74) is 1.58. The summed E-state index contributed by atoms with van der Waals surface area (Å²) in [7, 11) is -4.13. The zero-order chi connectivity index (χ0) is 23.4. The average molecular weight is 507 g/mol. The standard InChI is InChI=1S/C23H20Cl2N2O5S/c24-17-7-8-18(25)22(12-17)33(29,30)27-19(10-15-4-2-1-3-5-15)23(28)26-13-16-6-9-20-21(11-16)32-14-31-20/h1-9,11-12,19,27H,10,13-14H2,(H,26,28)/t19-/m1/s1. The lowest BCUT2D eigenvalue weighted by atomic mass is 10.1. The highest BCUT2D eigenvalue weighted by molar-refractivity contribution is 7.89. The van der Waals surface area contributed by atoms with Gasteiger partial charge < -0.3 is 14.8 Å². The lowest BCUT2D eigenvalue weighted by Gasteiger charge is -2.19. The number of halogens is 2. The van der Waals surface area contributed by atoms with Crippen LogP contribution in [0.2, 0.25) is 10.0 Å². The molecule has 1 heterocycles. The molecular formula is C23H20Cl2N2O5S. The number of sulfonamides is 1. The lowest BCUT2D eigenvalue weighted by molar-refractivity contribution is -0.122. The maximum Gasteiger partial charge on any atom is 0.242 e. The van der Waals surface area contributed by atoms with Gasteiger partial charge in [-0.1, -0.05) is 59.6 Å². The predicted molar refractivity (Wildman–Crippen MR) is 125 cm³/mol. The molecule has 172 valence electrons. The molecule has 2 N–H and O–H groups in total. The van der Waals surface area contributed by atoms with Crippen molar-refractivity contribution in [1.29, 1.82) is 0 Å². The van der Waals surface area contributed by atoms with Crippen LogP contribution in [0.25, 0.3) is 0 Å². The van der Waals surface area contributed by atoms with Crippen LogP contribution in [0.5, 0.6) is 11.5 Å². The number of hydrogen-bond donors (Lipinski definition) is 2. The number of amides is 1. The van der Waals surface area contributed by atoms with E-state index in [2.05, 4.69) is 10.0 Å². The van der Waals surface area contributed by atoms with Crippen molar-refractivity contribution < 1.29 is 22.7 Å². The third-order valence-electron chi connectivity index (χ3n) is 4.98. The van der Waals surface area contributed by atoms with Gasteiger partial charge in [-0.2, -0.15) is 4.72 Å². The normalized spacial score (nSPS) is 13.5. The minimum Gasteiger partial charge on any atom is -0.454 e. The average Bonchev–Trinajstić information content (AvgIpc) is 3.27. The Bertz CT molecular complexity index is 1270. The Morgan fingerprint density at radius 2 is 1.70 bits per heavy atom. The smallest absolute Gasteiger partial charge is 0.242 e. The third-order valence-corrected chi connectivity index (χ3v) is 7.17.